The molecule has 10 N–H and O–H groups in total. The van der Waals surface area contributed by atoms with Crippen LogP contribution in [0.3, 0.4) is 0 Å². The van der Waals surface area contributed by atoms with Gasteiger partial charge in [-0.2, -0.15) is 0 Å². The summed E-state index contributed by atoms with van der Waals surface area (Å²) in [5, 5.41) is 104. The number of esters is 1. The molecule has 2 aromatic rings. The molecule has 3 heterocycles. The van der Waals surface area contributed by atoms with Crippen LogP contribution in [0.2, 0.25) is 0 Å². The number of carbonyl (C=O) groups is 1. The summed E-state index contributed by atoms with van der Waals surface area (Å²) in [5.74, 6) is -0.938. The molecule has 0 aliphatic carbocycles. The van der Waals surface area contributed by atoms with E-state index in [2.05, 4.69) is 0 Å². The van der Waals surface area contributed by atoms with Gasteiger partial charge in [0.1, 0.15) is 61.0 Å². The van der Waals surface area contributed by atoms with Gasteiger partial charge in [-0.1, -0.05) is 12.1 Å². The van der Waals surface area contributed by atoms with Gasteiger partial charge in [-0.25, -0.2) is 4.79 Å². The lowest BCUT2D eigenvalue weighted by Gasteiger charge is -2.47. The lowest BCUT2D eigenvalue weighted by molar-refractivity contribution is -0.364. The Morgan fingerprint density at radius 2 is 1.37 bits per heavy atom. The molecular formula is C37H50O20. The Kier molecular flexibility index (Phi) is 15.4. The van der Waals surface area contributed by atoms with Gasteiger partial charge in [0, 0.05) is 6.08 Å². The quantitative estimate of drug-likeness (QED) is 0.0652. The van der Waals surface area contributed by atoms with Crippen LogP contribution in [0.1, 0.15) is 18.1 Å². The van der Waals surface area contributed by atoms with Crippen LogP contribution < -0.4 is 9.47 Å². The van der Waals surface area contributed by atoms with Crippen LogP contribution in [0.4, 0.5) is 0 Å². The molecule has 15 atom stereocenters. The highest BCUT2D eigenvalue weighted by molar-refractivity contribution is 5.87. The molecule has 0 radical (unpaired) electrons. The fraction of sp³-hybridized carbons (Fsp3) is 0.595. The number of phenolic OH excluding ortho intramolecular Hbond substituents is 2. The summed E-state index contributed by atoms with van der Waals surface area (Å²) >= 11 is 0. The van der Waals surface area contributed by atoms with Crippen molar-refractivity contribution in [1.29, 1.82) is 0 Å². The number of rotatable bonds is 15. The van der Waals surface area contributed by atoms with Crippen LogP contribution in [-0.4, -0.2) is 183 Å². The van der Waals surface area contributed by atoms with Gasteiger partial charge in [-0.3, -0.25) is 0 Å². The minimum absolute atomic E-state index is 0.121. The van der Waals surface area contributed by atoms with E-state index in [0.717, 1.165) is 6.08 Å². The molecule has 0 unspecified atom stereocenters. The van der Waals surface area contributed by atoms with E-state index in [1.165, 1.54) is 51.5 Å². The van der Waals surface area contributed by atoms with Crippen LogP contribution in [0.25, 0.3) is 6.08 Å². The molecule has 0 bridgehead atoms. The largest absolute Gasteiger partial charge is 0.504 e. The number of carbonyl (C=O) groups excluding carboxylic acids is 1. The molecule has 3 aliphatic rings. The first-order valence-electron chi connectivity index (χ1n) is 18.0. The first-order valence-corrected chi connectivity index (χ1v) is 18.0. The van der Waals surface area contributed by atoms with Gasteiger partial charge < -0.3 is 93.7 Å². The van der Waals surface area contributed by atoms with Crippen LogP contribution in [-0.2, 0) is 44.4 Å². The van der Waals surface area contributed by atoms with Crippen molar-refractivity contribution in [3.63, 3.8) is 0 Å². The Labute approximate surface area is 326 Å². The molecule has 5 rings (SSSR count). The van der Waals surface area contributed by atoms with Gasteiger partial charge in [0.15, 0.2) is 48.0 Å². The maximum absolute atomic E-state index is 13.4. The number of ether oxygens (including phenoxy) is 9. The van der Waals surface area contributed by atoms with Gasteiger partial charge in [0.2, 0.25) is 0 Å². The van der Waals surface area contributed by atoms with Crippen molar-refractivity contribution in [1.82, 2.24) is 0 Å². The van der Waals surface area contributed by atoms with Crippen molar-refractivity contribution in [2.24, 2.45) is 0 Å². The summed E-state index contributed by atoms with van der Waals surface area (Å²) in [6, 6.07) is 8.92. The highest BCUT2D eigenvalue weighted by atomic mass is 16.8. The van der Waals surface area contributed by atoms with Gasteiger partial charge in [-0.05, 0) is 54.8 Å². The molecule has 20 heteroatoms. The second-order valence-electron chi connectivity index (χ2n) is 13.6. The number of phenols is 2. The molecule has 0 amide bonds. The van der Waals surface area contributed by atoms with E-state index in [1.807, 2.05) is 0 Å². The number of aliphatic hydroxyl groups excluding tert-OH is 8. The number of hydrogen-bond acceptors (Lipinski definition) is 20. The van der Waals surface area contributed by atoms with Crippen molar-refractivity contribution in [2.75, 3.05) is 34.0 Å². The maximum atomic E-state index is 13.4. The van der Waals surface area contributed by atoms with Crippen LogP contribution in [0, 0.1) is 0 Å². The van der Waals surface area contributed by atoms with Gasteiger partial charge in [0.05, 0.1) is 40.1 Å². The van der Waals surface area contributed by atoms with Crippen LogP contribution in [0.15, 0.2) is 42.5 Å². The first-order chi connectivity index (χ1) is 27.2. The highest BCUT2D eigenvalue weighted by Crippen LogP contribution is 2.33. The molecule has 3 saturated heterocycles. The molecule has 57 heavy (non-hydrogen) atoms. The SMILES string of the molecule is COc1ccc(CCO[C@H]2O[C@@H](CO[C@H]3O[C@@H](CO)[C@H](O)[C@@H](O)[C@@H]3O)[C@H](OC(=O)/C=C/c3ccc(O)c(OC)c3)[C@@H](O[C@H]3O[C@H](C)[C@@H](O)[C@H](O)[C@@H]3O)[C@@H]2O)cc1O. The molecule has 0 spiro atoms. The predicted molar refractivity (Wildman–Crippen MR) is 190 cm³/mol. The summed E-state index contributed by atoms with van der Waals surface area (Å²) in [4.78, 5) is 13.4. The normalized spacial score (nSPS) is 35.9. The lowest BCUT2D eigenvalue weighted by atomic mass is 9.96. The van der Waals surface area contributed by atoms with E-state index < -0.39 is 111 Å². The summed E-state index contributed by atoms with van der Waals surface area (Å²) in [7, 11) is 2.73. The van der Waals surface area contributed by atoms with E-state index in [-0.39, 0.29) is 36.0 Å². The molecular weight excluding hydrogens is 764 g/mol. The van der Waals surface area contributed by atoms with E-state index in [4.69, 9.17) is 42.6 Å². The van der Waals surface area contributed by atoms with Crippen LogP contribution in [0.5, 0.6) is 23.0 Å². The molecule has 3 aliphatic heterocycles. The fourth-order valence-corrected chi connectivity index (χ4v) is 6.46. The van der Waals surface area contributed by atoms with Crippen LogP contribution >= 0.6 is 0 Å². The Balaban J connectivity index is 1.44. The molecule has 0 aromatic heterocycles. The molecule has 0 saturated carbocycles. The zero-order chi connectivity index (χ0) is 41.6. The number of methoxy groups -OCH3 is 2. The fourth-order valence-electron chi connectivity index (χ4n) is 6.46. The zero-order valence-corrected chi connectivity index (χ0v) is 31.2. The van der Waals surface area contributed by atoms with Gasteiger partial charge >= 0.3 is 5.97 Å². The second kappa shape index (κ2) is 19.8. The summed E-state index contributed by atoms with van der Waals surface area (Å²) < 4.78 is 50.8. The summed E-state index contributed by atoms with van der Waals surface area (Å²) in [6.07, 6.45) is -22.0. The smallest absolute Gasteiger partial charge is 0.331 e. The average molecular weight is 815 g/mol. The Hall–Kier alpha value is -3.71. The standard InChI is InChI=1S/C37H50O20/c1-16-26(42)28(44)31(47)37(53-16)57-34-32(48)36(51-11-10-18-5-8-21(49-2)20(40)12-18)55-24(15-52-35-30(46)29(45)27(43)23(14-38)54-35)33(34)56-25(41)9-6-17-4-7-19(39)22(13-17)50-3/h4-9,12-13,16,23-24,26-40,42-48H,10-11,14-15H2,1-3H3/b9-6+/t16-,23+,24+,26-,27+,28+,29-,30+,31+,32+,33+,34+,35+,36+,37-/m1/s1. The number of aliphatic hydroxyl groups is 8. The Morgan fingerprint density at radius 3 is 2.05 bits per heavy atom. The Morgan fingerprint density at radius 1 is 0.702 bits per heavy atom. The minimum Gasteiger partial charge on any atom is -0.504 e. The lowest BCUT2D eigenvalue weighted by Crippen LogP contribution is -2.65. The third-order valence-corrected chi connectivity index (χ3v) is 9.77. The topological polar surface area (TPSA) is 302 Å². The van der Waals surface area contributed by atoms with Crippen molar-refractivity contribution < 1.29 is 98.5 Å². The van der Waals surface area contributed by atoms with E-state index >= 15 is 0 Å². The Bertz CT molecular complexity index is 1640. The predicted octanol–water partition coefficient (Wildman–Crippen LogP) is -2.59. The third-order valence-electron chi connectivity index (χ3n) is 9.77. The van der Waals surface area contributed by atoms with Gasteiger partial charge in [0.25, 0.3) is 0 Å². The van der Waals surface area contributed by atoms with E-state index in [0.29, 0.717) is 11.1 Å². The first kappa shape index (κ1) is 44.4. The van der Waals surface area contributed by atoms with E-state index in [1.54, 1.807) is 12.1 Å². The van der Waals surface area contributed by atoms with Crippen molar-refractivity contribution in [3.8, 4) is 23.0 Å². The van der Waals surface area contributed by atoms with Gasteiger partial charge in [-0.15, -0.1) is 0 Å². The molecule has 318 valence electrons. The number of benzene rings is 2. The minimum atomic E-state index is -1.86. The number of hydrogen-bond donors (Lipinski definition) is 10. The second-order valence-corrected chi connectivity index (χ2v) is 13.6. The summed E-state index contributed by atoms with van der Waals surface area (Å²) in [6.45, 7) is -0.132. The molecule has 20 nitrogen and oxygen atoms in total. The summed E-state index contributed by atoms with van der Waals surface area (Å²) in [5.41, 5.74) is 1.02. The average Bonchev–Trinajstić information content (AvgIpc) is 3.20. The molecule has 3 fully saturated rings. The molecule has 2 aromatic carbocycles. The maximum Gasteiger partial charge on any atom is 0.331 e. The van der Waals surface area contributed by atoms with Crippen molar-refractivity contribution in [3.05, 3.63) is 53.6 Å². The third kappa shape index (κ3) is 10.5. The highest BCUT2D eigenvalue weighted by Gasteiger charge is 2.53. The van der Waals surface area contributed by atoms with Crippen molar-refractivity contribution in [2.45, 2.75) is 105 Å². The number of aromatic hydroxyl groups is 2. The monoisotopic (exact) mass is 814 g/mol. The van der Waals surface area contributed by atoms with Crippen molar-refractivity contribution >= 4 is 12.0 Å². The van der Waals surface area contributed by atoms with E-state index in [9.17, 15) is 55.9 Å². The zero-order valence-electron chi connectivity index (χ0n) is 31.2.